The number of pyridine rings is 1. The summed E-state index contributed by atoms with van der Waals surface area (Å²) >= 11 is 1.52. The highest BCUT2D eigenvalue weighted by atomic mass is 32.2. The summed E-state index contributed by atoms with van der Waals surface area (Å²) in [5.74, 6) is 2.09. The number of nitrogens with zero attached hydrogens (tertiary/aromatic N) is 6. The number of para-hydroxylation sites is 2. The highest BCUT2D eigenvalue weighted by Crippen LogP contribution is 2.33. The van der Waals surface area contributed by atoms with Gasteiger partial charge in [-0.05, 0) is 50.5 Å². The van der Waals surface area contributed by atoms with Crippen molar-refractivity contribution in [3.8, 4) is 11.4 Å². The smallest absolute Gasteiger partial charge is 0.258 e. The van der Waals surface area contributed by atoms with Gasteiger partial charge in [0, 0.05) is 30.6 Å². The molecule has 1 saturated heterocycles. The second-order valence-electron chi connectivity index (χ2n) is 8.07. The van der Waals surface area contributed by atoms with Gasteiger partial charge in [0.15, 0.2) is 5.16 Å². The molecule has 0 amide bonds. The second-order valence-corrected chi connectivity index (χ2v) is 9.02. The van der Waals surface area contributed by atoms with Crippen LogP contribution in [0.1, 0.15) is 30.7 Å². The molecule has 0 atom stereocenters. The molecule has 3 aromatic heterocycles. The summed E-state index contributed by atoms with van der Waals surface area (Å²) in [6, 6.07) is 15.2. The first kappa shape index (κ1) is 21.5. The molecule has 0 N–H and O–H groups in total. The average molecular weight is 463 g/mol. The van der Waals surface area contributed by atoms with Crippen molar-refractivity contribution < 1.29 is 4.74 Å². The van der Waals surface area contributed by atoms with Crippen molar-refractivity contribution in [2.45, 2.75) is 37.1 Å². The van der Waals surface area contributed by atoms with Gasteiger partial charge in [0.05, 0.1) is 18.5 Å². The minimum absolute atomic E-state index is 0.0751. The number of hydrogen-bond acceptors (Lipinski definition) is 7. The number of piperidine rings is 1. The first-order valence-corrected chi connectivity index (χ1v) is 12.1. The number of hydrogen-bond donors (Lipinski definition) is 0. The molecule has 0 bridgehead atoms. The van der Waals surface area contributed by atoms with E-state index in [0.29, 0.717) is 17.1 Å². The van der Waals surface area contributed by atoms with Gasteiger partial charge in [0.2, 0.25) is 5.95 Å². The van der Waals surface area contributed by atoms with Crippen LogP contribution in [0.3, 0.4) is 0 Å². The first-order chi connectivity index (χ1) is 16.2. The number of thioether (sulfide) groups is 1. The predicted molar refractivity (Wildman–Crippen MR) is 130 cm³/mol. The summed E-state index contributed by atoms with van der Waals surface area (Å²) in [4.78, 5) is 19.7. The van der Waals surface area contributed by atoms with Crippen molar-refractivity contribution in [2.75, 3.05) is 25.1 Å². The molecule has 1 aromatic carbocycles. The van der Waals surface area contributed by atoms with E-state index < -0.39 is 0 Å². The molecular weight excluding hydrogens is 436 g/mol. The maximum absolute atomic E-state index is 12.7. The van der Waals surface area contributed by atoms with Gasteiger partial charge < -0.3 is 9.64 Å². The SMILES string of the molecule is COc1ccccc1-n1c(SCc2cc(=O)n3c(C)cccc3n2)nnc1N1CCCCC1. The zero-order valence-electron chi connectivity index (χ0n) is 18.8. The Kier molecular flexibility index (Phi) is 6.04. The van der Waals surface area contributed by atoms with E-state index in [4.69, 9.17) is 9.72 Å². The van der Waals surface area contributed by atoms with Gasteiger partial charge >= 0.3 is 0 Å². The van der Waals surface area contributed by atoms with E-state index in [2.05, 4.69) is 19.7 Å². The third kappa shape index (κ3) is 4.20. The summed E-state index contributed by atoms with van der Waals surface area (Å²) in [6.07, 6.45) is 3.53. The van der Waals surface area contributed by atoms with Crippen LogP contribution in [0.4, 0.5) is 5.95 Å². The van der Waals surface area contributed by atoms with Crippen LogP contribution in [0.25, 0.3) is 11.3 Å². The Bertz CT molecular complexity index is 1340. The fraction of sp³-hybridized carbons (Fsp3) is 0.333. The number of aromatic nitrogens is 5. The van der Waals surface area contributed by atoms with E-state index >= 15 is 0 Å². The third-order valence-electron chi connectivity index (χ3n) is 5.86. The number of anilines is 1. The quantitative estimate of drug-likeness (QED) is 0.403. The molecule has 1 aliphatic heterocycles. The molecule has 0 spiro atoms. The molecule has 170 valence electrons. The van der Waals surface area contributed by atoms with E-state index in [0.717, 1.165) is 54.2 Å². The van der Waals surface area contributed by atoms with Crippen LogP contribution in [0.15, 0.2) is 58.5 Å². The van der Waals surface area contributed by atoms with Crippen molar-refractivity contribution >= 4 is 23.4 Å². The molecule has 8 nitrogen and oxygen atoms in total. The highest BCUT2D eigenvalue weighted by molar-refractivity contribution is 7.98. The zero-order chi connectivity index (χ0) is 22.8. The van der Waals surface area contributed by atoms with Gasteiger partial charge in [-0.3, -0.25) is 13.8 Å². The van der Waals surface area contributed by atoms with Gasteiger partial charge in [-0.2, -0.15) is 0 Å². The van der Waals surface area contributed by atoms with Crippen LogP contribution >= 0.6 is 11.8 Å². The van der Waals surface area contributed by atoms with Crippen molar-refractivity contribution in [1.82, 2.24) is 24.1 Å². The Morgan fingerprint density at radius 3 is 2.67 bits per heavy atom. The summed E-state index contributed by atoms with van der Waals surface area (Å²) in [5.41, 5.74) is 3.05. The van der Waals surface area contributed by atoms with Crippen LogP contribution in [0.2, 0.25) is 0 Å². The summed E-state index contributed by atoms with van der Waals surface area (Å²) in [5, 5.41) is 9.83. The molecule has 0 aliphatic carbocycles. The van der Waals surface area contributed by atoms with Gasteiger partial charge in [-0.15, -0.1) is 10.2 Å². The summed E-state index contributed by atoms with van der Waals surface area (Å²) in [7, 11) is 1.67. The third-order valence-corrected chi connectivity index (χ3v) is 6.83. The fourth-order valence-electron chi connectivity index (χ4n) is 4.26. The summed E-state index contributed by atoms with van der Waals surface area (Å²) in [6.45, 7) is 3.82. The van der Waals surface area contributed by atoms with Crippen LogP contribution in [-0.4, -0.2) is 44.3 Å². The normalized spacial score (nSPS) is 14.1. The number of methoxy groups -OCH3 is 1. The highest BCUT2D eigenvalue weighted by Gasteiger charge is 2.23. The molecule has 1 fully saturated rings. The molecule has 5 rings (SSSR count). The number of benzene rings is 1. The Morgan fingerprint density at radius 2 is 1.85 bits per heavy atom. The largest absolute Gasteiger partial charge is 0.495 e. The number of rotatable bonds is 6. The van der Waals surface area contributed by atoms with E-state index in [1.165, 1.54) is 18.2 Å². The monoisotopic (exact) mass is 462 g/mol. The Labute approximate surface area is 196 Å². The fourth-order valence-corrected chi connectivity index (χ4v) is 5.09. The van der Waals surface area contributed by atoms with Gasteiger partial charge in [-0.1, -0.05) is 30.0 Å². The minimum atomic E-state index is -0.0751. The standard InChI is InChI=1S/C24H26N6O2S/c1-17-9-8-12-21-25-18(15-22(31)29(17)21)16-33-24-27-26-23(28-13-6-3-7-14-28)30(24)19-10-4-5-11-20(19)32-2/h4-5,8-12,15H,3,6-7,13-14,16H2,1-2H3. The lowest BCUT2D eigenvalue weighted by atomic mass is 10.1. The average Bonchev–Trinajstić information content (AvgIpc) is 3.27. The van der Waals surface area contributed by atoms with E-state index in [9.17, 15) is 4.79 Å². The summed E-state index contributed by atoms with van der Waals surface area (Å²) < 4.78 is 9.33. The van der Waals surface area contributed by atoms with Crippen LogP contribution in [0, 0.1) is 6.92 Å². The Balaban J connectivity index is 1.51. The molecular formula is C24H26N6O2S. The van der Waals surface area contributed by atoms with Crippen molar-refractivity contribution in [1.29, 1.82) is 0 Å². The van der Waals surface area contributed by atoms with E-state index in [1.807, 2.05) is 49.4 Å². The number of aryl methyl sites for hydroxylation is 1. The van der Waals surface area contributed by atoms with Gasteiger partial charge in [0.25, 0.3) is 5.56 Å². The molecule has 0 radical (unpaired) electrons. The lowest BCUT2D eigenvalue weighted by Crippen LogP contribution is -2.31. The first-order valence-electron chi connectivity index (χ1n) is 11.1. The van der Waals surface area contributed by atoms with Crippen molar-refractivity contribution in [2.24, 2.45) is 0 Å². The molecule has 1 aliphatic rings. The Morgan fingerprint density at radius 1 is 1.03 bits per heavy atom. The zero-order valence-corrected chi connectivity index (χ0v) is 19.6. The molecule has 33 heavy (non-hydrogen) atoms. The van der Waals surface area contributed by atoms with E-state index in [-0.39, 0.29) is 5.56 Å². The molecule has 4 aromatic rings. The van der Waals surface area contributed by atoms with Gasteiger partial charge in [-0.25, -0.2) is 4.98 Å². The lowest BCUT2D eigenvalue weighted by molar-refractivity contribution is 0.412. The molecule has 4 heterocycles. The lowest BCUT2D eigenvalue weighted by Gasteiger charge is -2.28. The van der Waals surface area contributed by atoms with Crippen molar-refractivity contribution in [3.63, 3.8) is 0 Å². The molecule has 0 unspecified atom stereocenters. The maximum Gasteiger partial charge on any atom is 0.258 e. The van der Waals surface area contributed by atoms with Crippen LogP contribution in [-0.2, 0) is 5.75 Å². The minimum Gasteiger partial charge on any atom is -0.495 e. The Hall–Kier alpha value is -3.33. The molecule has 9 heteroatoms. The van der Waals surface area contributed by atoms with Crippen LogP contribution in [0.5, 0.6) is 5.75 Å². The molecule has 0 saturated carbocycles. The maximum atomic E-state index is 12.7. The number of ether oxygens (including phenoxy) is 1. The van der Waals surface area contributed by atoms with Crippen LogP contribution < -0.4 is 15.2 Å². The second kappa shape index (κ2) is 9.27. The van der Waals surface area contributed by atoms with Gasteiger partial charge in [0.1, 0.15) is 11.4 Å². The van der Waals surface area contributed by atoms with Crippen molar-refractivity contribution in [3.05, 3.63) is 70.3 Å². The predicted octanol–water partition coefficient (Wildman–Crippen LogP) is 3.87. The topological polar surface area (TPSA) is 77.5 Å². The van der Waals surface area contributed by atoms with E-state index in [1.54, 1.807) is 17.6 Å². The number of fused-ring (bicyclic) bond motifs is 1.